The van der Waals surface area contributed by atoms with Gasteiger partial charge >= 0.3 is 0 Å². The molecule has 1 aliphatic heterocycles. The summed E-state index contributed by atoms with van der Waals surface area (Å²) in [6, 6.07) is 8.34. The smallest absolute Gasteiger partial charge is 0.189 e. The van der Waals surface area contributed by atoms with Gasteiger partial charge in [0.05, 0.1) is 12.2 Å². The number of halogens is 1. The van der Waals surface area contributed by atoms with Crippen LogP contribution in [0.2, 0.25) is 0 Å². The van der Waals surface area contributed by atoms with Gasteiger partial charge in [0.25, 0.3) is 0 Å². The van der Waals surface area contributed by atoms with Gasteiger partial charge in [-0.3, -0.25) is 4.79 Å². The quantitative estimate of drug-likeness (QED) is 0.636. The number of nitrogens with zero attached hydrogens (tertiary/aromatic N) is 3. The van der Waals surface area contributed by atoms with Gasteiger partial charge in [0.1, 0.15) is 5.69 Å². The Morgan fingerprint density at radius 1 is 1.29 bits per heavy atom. The van der Waals surface area contributed by atoms with Gasteiger partial charge < -0.3 is 5.32 Å². The van der Waals surface area contributed by atoms with Gasteiger partial charge in [-0.05, 0) is 66.2 Å². The van der Waals surface area contributed by atoms with E-state index in [4.69, 9.17) is 0 Å². The summed E-state index contributed by atoms with van der Waals surface area (Å²) in [6.45, 7) is 1.99. The number of benzene rings is 1. The van der Waals surface area contributed by atoms with Crippen molar-refractivity contribution in [2.75, 3.05) is 13.1 Å². The van der Waals surface area contributed by atoms with Crippen LogP contribution >= 0.6 is 22.6 Å². The number of Topliss-reactive ketones (excluding diaryl/α,β-unsaturated/α-hetero) is 1. The average Bonchev–Trinajstić information content (AvgIpc) is 3.00. The highest BCUT2D eigenvalue weighted by Gasteiger charge is 2.18. The van der Waals surface area contributed by atoms with Crippen molar-refractivity contribution < 1.29 is 4.79 Å². The normalized spacial score (nSPS) is 16.0. The molecule has 1 fully saturated rings. The number of carbonyl (C=O) groups is 1. The largest absolute Gasteiger partial charge is 0.317 e. The number of ketones is 1. The zero-order valence-corrected chi connectivity index (χ0v) is 13.8. The fourth-order valence-corrected chi connectivity index (χ4v) is 2.89. The van der Waals surface area contributed by atoms with Gasteiger partial charge in [0, 0.05) is 9.99 Å². The number of hydrogen-bond donors (Lipinski definition) is 1. The Kier molecular flexibility index (Phi) is 4.64. The van der Waals surface area contributed by atoms with Crippen LogP contribution in [0.15, 0.2) is 30.5 Å². The second kappa shape index (κ2) is 6.65. The lowest BCUT2D eigenvalue weighted by atomic mass is 10.1. The molecule has 0 spiro atoms. The molecule has 0 amide bonds. The molecule has 1 aliphatic rings. The Morgan fingerprint density at radius 3 is 2.71 bits per heavy atom. The van der Waals surface area contributed by atoms with Crippen molar-refractivity contribution in [1.82, 2.24) is 20.3 Å². The van der Waals surface area contributed by atoms with Crippen LogP contribution in [0.5, 0.6) is 0 Å². The van der Waals surface area contributed by atoms with Crippen LogP contribution in [0.4, 0.5) is 0 Å². The van der Waals surface area contributed by atoms with E-state index < -0.39 is 0 Å². The summed E-state index contributed by atoms with van der Waals surface area (Å²) in [5.74, 6) is 0.0244. The summed E-state index contributed by atoms with van der Waals surface area (Å²) in [4.78, 5) is 12.3. The third-order valence-electron chi connectivity index (χ3n) is 3.76. The summed E-state index contributed by atoms with van der Waals surface area (Å²) in [5.41, 5.74) is 1.48. The van der Waals surface area contributed by atoms with Gasteiger partial charge in [0.15, 0.2) is 5.78 Å². The van der Waals surface area contributed by atoms with E-state index in [2.05, 4.69) is 38.2 Å². The van der Waals surface area contributed by atoms with Crippen molar-refractivity contribution >= 4 is 28.4 Å². The van der Waals surface area contributed by atoms with E-state index >= 15 is 0 Å². The molecule has 0 aliphatic carbocycles. The molecule has 0 bridgehead atoms. The van der Waals surface area contributed by atoms with Crippen LogP contribution < -0.4 is 5.32 Å². The van der Waals surface area contributed by atoms with E-state index in [-0.39, 0.29) is 5.78 Å². The van der Waals surface area contributed by atoms with Crippen molar-refractivity contribution in [1.29, 1.82) is 0 Å². The highest BCUT2D eigenvalue weighted by atomic mass is 127. The lowest BCUT2D eigenvalue weighted by Gasteiger charge is -2.22. The SMILES string of the molecule is O=C(Cc1ccc(I)cc1)c1cn(C2CCNCC2)nn1. The van der Waals surface area contributed by atoms with Crippen molar-refractivity contribution in [3.05, 3.63) is 45.3 Å². The lowest BCUT2D eigenvalue weighted by molar-refractivity contribution is 0.0988. The standard InChI is InChI=1S/C15H17IN4O/c16-12-3-1-11(2-4-12)9-15(21)14-10-20(19-18-14)13-5-7-17-8-6-13/h1-4,10,13,17H,5-9H2. The summed E-state index contributed by atoms with van der Waals surface area (Å²) < 4.78 is 3.02. The zero-order valence-electron chi connectivity index (χ0n) is 11.6. The third-order valence-corrected chi connectivity index (χ3v) is 4.48. The first-order chi connectivity index (χ1) is 10.2. The highest BCUT2D eigenvalue weighted by Crippen LogP contribution is 2.17. The minimum absolute atomic E-state index is 0.0244. The summed E-state index contributed by atoms with van der Waals surface area (Å²) in [5, 5.41) is 11.5. The first kappa shape index (κ1) is 14.6. The van der Waals surface area contributed by atoms with Gasteiger partial charge in [0.2, 0.25) is 0 Å². The first-order valence-electron chi connectivity index (χ1n) is 7.12. The Hall–Kier alpha value is -1.28. The Bertz CT molecular complexity index is 617. The molecule has 2 aromatic rings. The molecule has 1 aromatic heterocycles. The van der Waals surface area contributed by atoms with Gasteiger partial charge in [-0.15, -0.1) is 5.10 Å². The molecule has 21 heavy (non-hydrogen) atoms. The molecule has 1 N–H and O–H groups in total. The first-order valence-corrected chi connectivity index (χ1v) is 8.20. The Balaban J connectivity index is 1.67. The number of carbonyl (C=O) groups excluding carboxylic acids is 1. The molecule has 5 nitrogen and oxygen atoms in total. The molecule has 0 saturated carbocycles. The number of hydrogen-bond acceptors (Lipinski definition) is 4. The van der Waals surface area contributed by atoms with Crippen LogP contribution in [0, 0.1) is 3.57 Å². The minimum atomic E-state index is 0.0244. The number of nitrogens with one attached hydrogen (secondary N) is 1. The summed E-state index contributed by atoms with van der Waals surface area (Å²) in [6.07, 6.45) is 4.25. The second-order valence-corrected chi connectivity index (χ2v) is 6.54. The van der Waals surface area contributed by atoms with Crippen molar-refractivity contribution in [3.63, 3.8) is 0 Å². The van der Waals surface area contributed by atoms with Crippen LogP contribution in [0.1, 0.15) is 34.9 Å². The summed E-state index contributed by atoms with van der Waals surface area (Å²) >= 11 is 2.25. The molecule has 0 radical (unpaired) electrons. The molecule has 110 valence electrons. The van der Waals surface area contributed by atoms with Crippen LogP contribution in [0.3, 0.4) is 0 Å². The second-order valence-electron chi connectivity index (χ2n) is 5.29. The Morgan fingerprint density at radius 2 is 2.00 bits per heavy atom. The van der Waals surface area contributed by atoms with E-state index in [9.17, 15) is 4.79 Å². The van der Waals surface area contributed by atoms with Crippen molar-refractivity contribution in [3.8, 4) is 0 Å². The van der Waals surface area contributed by atoms with E-state index in [1.807, 2.05) is 28.9 Å². The number of aromatic nitrogens is 3. The predicted molar refractivity (Wildman–Crippen MR) is 88.4 cm³/mol. The van der Waals surface area contributed by atoms with Crippen LogP contribution in [0.25, 0.3) is 0 Å². The van der Waals surface area contributed by atoms with E-state index in [0.29, 0.717) is 18.2 Å². The fraction of sp³-hybridized carbons (Fsp3) is 0.400. The summed E-state index contributed by atoms with van der Waals surface area (Å²) in [7, 11) is 0. The monoisotopic (exact) mass is 396 g/mol. The molecular weight excluding hydrogens is 379 g/mol. The lowest BCUT2D eigenvalue weighted by Crippen LogP contribution is -2.29. The van der Waals surface area contributed by atoms with E-state index in [1.54, 1.807) is 6.20 Å². The highest BCUT2D eigenvalue weighted by molar-refractivity contribution is 14.1. The molecule has 3 rings (SSSR count). The molecule has 6 heteroatoms. The maximum atomic E-state index is 12.3. The molecule has 0 atom stereocenters. The number of piperidine rings is 1. The molecule has 0 unspecified atom stereocenters. The van der Waals surface area contributed by atoms with E-state index in [0.717, 1.165) is 31.5 Å². The number of rotatable bonds is 4. The fourth-order valence-electron chi connectivity index (χ4n) is 2.53. The maximum absolute atomic E-state index is 12.3. The van der Waals surface area contributed by atoms with Gasteiger partial charge in [-0.1, -0.05) is 17.3 Å². The zero-order chi connectivity index (χ0) is 14.7. The molecule has 1 aromatic carbocycles. The van der Waals surface area contributed by atoms with Gasteiger partial charge in [-0.25, -0.2) is 4.68 Å². The van der Waals surface area contributed by atoms with E-state index in [1.165, 1.54) is 3.57 Å². The molecular formula is C15H17IN4O. The maximum Gasteiger partial charge on any atom is 0.189 e. The minimum Gasteiger partial charge on any atom is -0.317 e. The predicted octanol–water partition coefficient (Wildman–Crippen LogP) is 2.23. The van der Waals surface area contributed by atoms with Crippen molar-refractivity contribution in [2.45, 2.75) is 25.3 Å². The van der Waals surface area contributed by atoms with Crippen molar-refractivity contribution in [2.24, 2.45) is 0 Å². The third kappa shape index (κ3) is 3.68. The van der Waals surface area contributed by atoms with Crippen LogP contribution in [-0.4, -0.2) is 33.9 Å². The molecule has 1 saturated heterocycles. The molecule has 2 heterocycles. The average molecular weight is 396 g/mol. The van der Waals surface area contributed by atoms with Crippen LogP contribution in [-0.2, 0) is 6.42 Å². The Labute approximate surface area is 137 Å². The van der Waals surface area contributed by atoms with Gasteiger partial charge in [-0.2, -0.15) is 0 Å². The topological polar surface area (TPSA) is 59.8 Å².